The molecular weight excluding hydrogens is 218 g/mol. The number of hydrogen-bond donors (Lipinski definition) is 1. The lowest BCUT2D eigenvalue weighted by atomic mass is 10.00. The van der Waals surface area contributed by atoms with Crippen molar-refractivity contribution in [2.45, 2.75) is 51.0 Å². The predicted octanol–water partition coefficient (Wildman–Crippen LogP) is 1.63. The van der Waals surface area contributed by atoms with Crippen LogP contribution < -0.4 is 5.73 Å². The molecule has 1 aliphatic rings. The highest BCUT2D eigenvalue weighted by Crippen LogP contribution is 2.24. The Hall–Kier alpha value is -0.940. The molecule has 0 radical (unpaired) electrons. The highest BCUT2D eigenvalue weighted by Gasteiger charge is 2.21. The fourth-order valence-corrected chi connectivity index (χ4v) is 2.17. The summed E-state index contributed by atoms with van der Waals surface area (Å²) in [6.45, 7) is 3.72. The Morgan fingerprint density at radius 3 is 2.88 bits per heavy atom. The summed E-state index contributed by atoms with van der Waals surface area (Å²) in [7, 11) is 0. The third-order valence-electron chi connectivity index (χ3n) is 3.17. The Bertz CT molecular complexity index is 334. The van der Waals surface area contributed by atoms with Gasteiger partial charge in [0.2, 0.25) is 5.89 Å². The summed E-state index contributed by atoms with van der Waals surface area (Å²) < 4.78 is 10.6. The van der Waals surface area contributed by atoms with E-state index in [1.807, 2.05) is 0 Å². The topological polar surface area (TPSA) is 74.2 Å². The van der Waals surface area contributed by atoms with Gasteiger partial charge >= 0.3 is 0 Å². The average molecular weight is 239 g/mol. The fraction of sp³-hybridized carbons (Fsp3) is 0.833. The summed E-state index contributed by atoms with van der Waals surface area (Å²) >= 11 is 0. The monoisotopic (exact) mass is 239 g/mol. The lowest BCUT2D eigenvalue weighted by molar-refractivity contribution is 0.0830. The molecule has 1 aromatic rings. The van der Waals surface area contributed by atoms with Gasteiger partial charge in [-0.2, -0.15) is 4.98 Å². The van der Waals surface area contributed by atoms with Crippen molar-refractivity contribution in [1.82, 2.24) is 10.1 Å². The molecule has 0 amide bonds. The van der Waals surface area contributed by atoms with E-state index in [1.54, 1.807) is 0 Å². The van der Waals surface area contributed by atoms with Gasteiger partial charge in [0.05, 0.1) is 0 Å². The molecule has 1 aromatic heterocycles. The van der Waals surface area contributed by atoms with Crippen LogP contribution in [0.25, 0.3) is 0 Å². The van der Waals surface area contributed by atoms with Crippen LogP contribution in [0.3, 0.4) is 0 Å². The molecule has 2 rings (SSSR count). The van der Waals surface area contributed by atoms with Gasteiger partial charge in [-0.05, 0) is 19.3 Å². The Morgan fingerprint density at radius 1 is 1.41 bits per heavy atom. The number of rotatable bonds is 5. The molecule has 0 spiro atoms. The first-order valence-electron chi connectivity index (χ1n) is 6.45. The van der Waals surface area contributed by atoms with Gasteiger partial charge in [-0.1, -0.05) is 18.5 Å². The maximum absolute atomic E-state index is 5.96. The second kappa shape index (κ2) is 6.12. The van der Waals surface area contributed by atoms with E-state index in [1.165, 1.54) is 0 Å². The molecule has 2 heterocycles. The first-order valence-corrected chi connectivity index (χ1v) is 6.45. The van der Waals surface area contributed by atoms with Crippen LogP contribution in [0.1, 0.15) is 50.2 Å². The molecule has 1 saturated heterocycles. The van der Waals surface area contributed by atoms with Crippen molar-refractivity contribution in [1.29, 1.82) is 0 Å². The van der Waals surface area contributed by atoms with E-state index < -0.39 is 0 Å². The molecule has 17 heavy (non-hydrogen) atoms. The van der Waals surface area contributed by atoms with Crippen molar-refractivity contribution < 1.29 is 9.26 Å². The van der Waals surface area contributed by atoms with Gasteiger partial charge in [0.1, 0.15) is 0 Å². The summed E-state index contributed by atoms with van der Waals surface area (Å²) in [4.78, 5) is 4.44. The van der Waals surface area contributed by atoms with Crippen molar-refractivity contribution in [2.24, 2.45) is 5.73 Å². The second-order valence-electron chi connectivity index (χ2n) is 4.69. The molecule has 96 valence electrons. The second-order valence-corrected chi connectivity index (χ2v) is 4.69. The lowest BCUT2D eigenvalue weighted by Crippen LogP contribution is -2.22. The minimum absolute atomic E-state index is 0.128. The maximum atomic E-state index is 5.96. The van der Waals surface area contributed by atoms with Gasteiger partial charge in [-0.25, -0.2) is 0 Å². The van der Waals surface area contributed by atoms with Gasteiger partial charge in [0.25, 0.3) is 0 Å². The van der Waals surface area contributed by atoms with E-state index in [4.69, 9.17) is 15.0 Å². The molecule has 2 N–H and O–H groups in total. The number of nitrogens with two attached hydrogens (primary N) is 1. The van der Waals surface area contributed by atoms with E-state index in [0.29, 0.717) is 18.2 Å². The van der Waals surface area contributed by atoms with Crippen LogP contribution in [0, 0.1) is 0 Å². The minimum Gasteiger partial charge on any atom is -0.381 e. The molecule has 1 atom stereocenters. The van der Waals surface area contributed by atoms with Crippen LogP contribution in [0.4, 0.5) is 0 Å². The third kappa shape index (κ3) is 3.51. The smallest absolute Gasteiger partial charge is 0.228 e. The molecular formula is C12H21N3O2. The minimum atomic E-state index is 0.128. The van der Waals surface area contributed by atoms with Crippen LogP contribution in [0.2, 0.25) is 0 Å². The van der Waals surface area contributed by atoms with E-state index in [-0.39, 0.29) is 6.04 Å². The van der Waals surface area contributed by atoms with Crippen LogP contribution in [0.15, 0.2) is 4.52 Å². The number of nitrogens with zero attached hydrogens (tertiary/aromatic N) is 2. The van der Waals surface area contributed by atoms with Gasteiger partial charge in [0.15, 0.2) is 5.82 Å². The largest absolute Gasteiger partial charge is 0.381 e. The van der Waals surface area contributed by atoms with Crippen molar-refractivity contribution in [2.75, 3.05) is 13.2 Å². The predicted molar refractivity (Wildman–Crippen MR) is 63.7 cm³/mol. The van der Waals surface area contributed by atoms with Crippen LogP contribution in [-0.4, -0.2) is 29.4 Å². The first kappa shape index (κ1) is 12.5. The average Bonchev–Trinajstić information content (AvgIpc) is 2.79. The van der Waals surface area contributed by atoms with Gasteiger partial charge in [-0.15, -0.1) is 0 Å². The molecule has 5 heteroatoms. The highest BCUT2D eigenvalue weighted by atomic mass is 16.5. The van der Waals surface area contributed by atoms with E-state index >= 15 is 0 Å². The summed E-state index contributed by atoms with van der Waals surface area (Å²) in [6, 6.07) is 0.128. The fourth-order valence-electron chi connectivity index (χ4n) is 2.17. The van der Waals surface area contributed by atoms with Crippen LogP contribution >= 0.6 is 0 Å². The molecule has 1 fully saturated rings. The molecule has 0 aromatic carbocycles. The zero-order chi connectivity index (χ0) is 12.1. The quantitative estimate of drug-likeness (QED) is 0.845. The van der Waals surface area contributed by atoms with E-state index in [0.717, 1.165) is 44.7 Å². The molecule has 0 saturated carbocycles. The Labute approximate surface area is 102 Å². The van der Waals surface area contributed by atoms with E-state index in [9.17, 15) is 0 Å². The summed E-state index contributed by atoms with van der Waals surface area (Å²) in [5.41, 5.74) is 5.96. The summed E-state index contributed by atoms with van der Waals surface area (Å²) in [6.07, 6.45) is 4.74. The number of ether oxygens (including phenoxy) is 1. The van der Waals surface area contributed by atoms with E-state index in [2.05, 4.69) is 17.1 Å². The summed E-state index contributed by atoms with van der Waals surface area (Å²) in [5.74, 6) is 1.89. The normalized spacial score (nSPS) is 19.4. The van der Waals surface area contributed by atoms with Gasteiger partial charge in [-0.3, -0.25) is 0 Å². The molecule has 0 aliphatic carbocycles. The Kier molecular flexibility index (Phi) is 4.50. The maximum Gasteiger partial charge on any atom is 0.228 e. The van der Waals surface area contributed by atoms with Gasteiger partial charge in [0, 0.05) is 31.6 Å². The first-order chi connectivity index (χ1) is 8.29. The SMILES string of the molecule is CCCC(N)Cc1nc(C2CCOCC2)no1. The van der Waals surface area contributed by atoms with Gasteiger partial charge < -0.3 is 15.0 Å². The molecule has 1 aliphatic heterocycles. The Balaban J connectivity index is 1.90. The zero-order valence-corrected chi connectivity index (χ0v) is 10.4. The lowest BCUT2D eigenvalue weighted by Gasteiger charge is -2.18. The zero-order valence-electron chi connectivity index (χ0n) is 10.4. The Morgan fingerprint density at radius 2 is 2.18 bits per heavy atom. The van der Waals surface area contributed by atoms with Crippen molar-refractivity contribution in [3.8, 4) is 0 Å². The number of hydrogen-bond acceptors (Lipinski definition) is 5. The van der Waals surface area contributed by atoms with Crippen LogP contribution in [-0.2, 0) is 11.2 Å². The molecule has 5 nitrogen and oxygen atoms in total. The number of aromatic nitrogens is 2. The van der Waals surface area contributed by atoms with Crippen LogP contribution in [0.5, 0.6) is 0 Å². The van der Waals surface area contributed by atoms with Crippen molar-refractivity contribution >= 4 is 0 Å². The summed E-state index contributed by atoms with van der Waals surface area (Å²) in [5, 5.41) is 4.06. The highest BCUT2D eigenvalue weighted by molar-refractivity contribution is 4.97. The molecule has 1 unspecified atom stereocenters. The van der Waals surface area contributed by atoms with Crippen molar-refractivity contribution in [3.05, 3.63) is 11.7 Å². The standard InChI is InChI=1S/C12H21N3O2/c1-2-3-10(13)8-11-14-12(15-17-11)9-4-6-16-7-5-9/h9-10H,2-8,13H2,1H3. The molecule has 0 bridgehead atoms. The third-order valence-corrected chi connectivity index (χ3v) is 3.17. The van der Waals surface area contributed by atoms with Crippen molar-refractivity contribution in [3.63, 3.8) is 0 Å².